The maximum atomic E-state index is 9.19. The van der Waals surface area contributed by atoms with E-state index in [1.165, 1.54) is 44.1 Å². The smallest absolute Gasteiger partial charge is 0.164 e. The van der Waals surface area contributed by atoms with Crippen LogP contribution in [-0.2, 0) is 5.41 Å². The molecule has 5 aromatic rings. The van der Waals surface area contributed by atoms with Crippen LogP contribution in [0.25, 0.3) is 45.3 Å². The zero-order valence-corrected chi connectivity index (χ0v) is 23.6. The summed E-state index contributed by atoms with van der Waals surface area (Å²) in [5.74, 6) is 4.80. The summed E-state index contributed by atoms with van der Waals surface area (Å²) in [6, 6.07) is 37.5. The maximum Gasteiger partial charge on any atom is 0.164 e. The lowest BCUT2D eigenvalue weighted by Gasteiger charge is -2.57. The van der Waals surface area contributed by atoms with Gasteiger partial charge in [0.1, 0.15) is 0 Å². The first kappa shape index (κ1) is 25.1. The molecule has 0 amide bonds. The molecule has 4 aromatic carbocycles. The molecule has 0 aliphatic heterocycles. The summed E-state index contributed by atoms with van der Waals surface area (Å²) in [6.45, 7) is 0. The van der Waals surface area contributed by atoms with Crippen molar-refractivity contribution in [3.05, 3.63) is 114 Å². The third-order valence-corrected chi connectivity index (χ3v) is 9.93. The summed E-state index contributed by atoms with van der Waals surface area (Å²) in [5.41, 5.74) is 7.57. The van der Waals surface area contributed by atoms with Crippen LogP contribution in [0.2, 0.25) is 0 Å². The van der Waals surface area contributed by atoms with E-state index in [9.17, 15) is 5.26 Å². The molecule has 4 bridgehead atoms. The van der Waals surface area contributed by atoms with Gasteiger partial charge in [-0.05, 0) is 96.6 Å². The van der Waals surface area contributed by atoms with Crippen LogP contribution in [0, 0.1) is 29.1 Å². The Hall–Kier alpha value is -4.62. The molecule has 204 valence electrons. The van der Waals surface area contributed by atoms with Crippen molar-refractivity contribution in [1.82, 2.24) is 15.0 Å². The number of nitrogens with zero attached hydrogens (tertiary/aromatic N) is 4. The molecule has 1 heterocycles. The van der Waals surface area contributed by atoms with Crippen LogP contribution < -0.4 is 0 Å². The van der Waals surface area contributed by atoms with E-state index < -0.39 is 0 Å². The van der Waals surface area contributed by atoms with Crippen molar-refractivity contribution in [1.29, 1.82) is 5.26 Å². The summed E-state index contributed by atoms with van der Waals surface area (Å²) in [7, 11) is 0. The predicted molar refractivity (Wildman–Crippen MR) is 166 cm³/mol. The second-order valence-electron chi connectivity index (χ2n) is 12.7. The summed E-state index contributed by atoms with van der Waals surface area (Å²) < 4.78 is 0. The van der Waals surface area contributed by atoms with Gasteiger partial charge in [-0.2, -0.15) is 5.26 Å². The molecule has 4 fully saturated rings. The van der Waals surface area contributed by atoms with E-state index in [4.69, 9.17) is 15.0 Å². The molecule has 4 aliphatic carbocycles. The molecule has 0 N–H and O–H groups in total. The molecule has 4 saturated carbocycles. The highest BCUT2D eigenvalue weighted by molar-refractivity contribution is 5.72. The third kappa shape index (κ3) is 4.50. The Morgan fingerprint density at radius 3 is 1.62 bits per heavy atom. The molecule has 4 aliphatic rings. The van der Waals surface area contributed by atoms with E-state index in [0.717, 1.165) is 45.6 Å². The van der Waals surface area contributed by atoms with Crippen molar-refractivity contribution < 1.29 is 0 Å². The van der Waals surface area contributed by atoms with Gasteiger partial charge in [-0.25, -0.2) is 15.0 Å². The molecular formula is C38H32N4. The van der Waals surface area contributed by atoms with Gasteiger partial charge in [-0.15, -0.1) is 0 Å². The molecule has 0 radical (unpaired) electrons. The van der Waals surface area contributed by atoms with Gasteiger partial charge in [0.05, 0.1) is 11.6 Å². The number of benzene rings is 4. The quantitative estimate of drug-likeness (QED) is 0.222. The minimum Gasteiger partial charge on any atom is -0.208 e. The van der Waals surface area contributed by atoms with Gasteiger partial charge in [-0.1, -0.05) is 84.9 Å². The molecule has 4 heteroatoms. The van der Waals surface area contributed by atoms with Crippen LogP contribution in [0.5, 0.6) is 0 Å². The molecule has 0 atom stereocenters. The molecule has 9 rings (SSSR count). The van der Waals surface area contributed by atoms with E-state index in [1.54, 1.807) is 0 Å². The first-order valence-corrected chi connectivity index (χ1v) is 15.2. The molecule has 4 nitrogen and oxygen atoms in total. The Labute approximate surface area is 247 Å². The topological polar surface area (TPSA) is 62.5 Å². The zero-order chi connectivity index (χ0) is 28.1. The first-order valence-electron chi connectivity index (χ1n) is 15.2. The van der Waals surface area contributed by atoms with Gasteiger partial charge in [-0.3, -0.25) is 0 Å². The summed E-state index contributed by atoms with van der Waals surface area (Å²) >= 11 is 0. The molecule has 0 saturated heterocycles. The van der Waals surface area contributed by atoms with Gasteiger partial charge in [0.2, 0.25) is 0 Å². The molecule has 0 spiro atoms. The van der Waals surface area contributed by atoms with Crippen LogP contribution in [0.4, 0.5) is 0 Å². The summed E-state index contributed by atoms with van der Waals surface area (Å²) in [6.07, 6.45) is 8.46. The minimum absolute atomic E-state index is 0.374. The maximum absolute atomic E-state index is 9.19. The fourth-order valence-corrected chi connectivity index (χ4v) is 8.36. The summed E-state index contributed by atoms with van der Waals surface area (Å²) in [4.78, 5) is 14.9. The highest BCUT2D eigenvalue weighted by atomic mass is 15.0. The van der Waals surface area contributed by atoms with Gasteiger partial charge in [0.15, 0.2) is 17.5 Å². The van der Waals surface area contributed by atoms with E-state index in [0.29, 0.717) is 28.5 Å². The Kier molecular flexibility index (Phi) is 6.00. The SMILES string of the molecule is N#Cc1ccc(-c2cccc(-c3nc(-c4ccccc4)nc(-c4ccc(C56CC7CC(CC(C7)C5)C6)cc4)n3)c2)cc1. The third-order valence-electron chi connectivity index (χ3n) is 9.93. The molecule has 0 unspecified atom stereocenters. The summed E-state index contributed by atoms with van der Waals surface area (Å²) in [5, 5.41) is 9.19. The van der Waals surface area contributed by atoms with Gasteiger partial charge >= 0.3 is 0 Å². The van der Waals surface area contributed by atoms with Crippen molar-refractivity contribution in [3.8, 4) is 51.4 Å². The van der Waals surface area contributed by atoms with Crippen LogP contribution in [0.1, 0.15) is 49.7 Å². The van der Waals surface area contributed by atoms with Gasteiger partial charge in [0, 0.05) is 16.7 Å². The lowest BCUT2D eigenvalue weighted by atomic mass is 9.48. The van der Waals surface area contributed by atoms with E-state index >= 15 is 0 Å². The Morgan fingerprint density at radius 1 is 0.524 bits per heavy atom. The van der Waals surface area contributed by atoms with Gasteiger partial charge in [0.25, 0.3) is 0 Å². The number of rotatable bonds is 5. The van der Waals surface area contributed by atoms with Crippen LogP contribution >= 0.6 is 0 Å². The van der Waals surface area contributed by atoms with Crippen LogP contribution in [-0.4, -0.2) is 15.0 Å². The second-order valence-corrected chi connectivity index (χ2v) is 12.7. The monoisotopic (exact) mass is 544 g/mol. The fourth-order valence-electron chi connectivity index (χ4n) is 8.36. The predicted octanol–water partition coefficient (Wildman–Crippen LogP) is 8.88. The standard InChI is InChI=1S/C38H32N4/c39-24-25-9-11-29(12-10-25)32-7-4-8-33(20-32)37-41-35(30-5-2-1-3-6-30)40-36(42-37)31-13-15-34(16-14-31)38-21-26-17-27(22-38)19-28(18-26)23-38/h1-16,20,26-28H,17-19,21-23H2. The Balaban J connectivity index is 1.18. The largest absolute Gasteiger partial charge is 0.208 e. The number of nitriles is 1. The van der Waals surface area contributed by atoms with Crippen molar-refractivity contribution in [3.63, 3.8) is 0 Å². The van der Waals surface area contributed by atoms with Crippen molar-refractivity contribution in [2.24, 2.45) is 17.8 Å². The van der Waals surface area contributed by atoms with E-state index in [1.807, 2.05) is 60.7 Å². The number of hydrogen-bond donors (Lipinski definition) is 0. The minimum atomic E-state index is 0.374. The molecule has 1 aromatic heterocycles. The lowest BCUT2D eigenvalue weighted by molar-refractivity contribution is -0.00518. The average molecular weight is 545 g/mol. The first-order chi connectivity index (χ1) is 20.6. The number of aromatic nitrogens is 3. The van der Waals surface area contributed by atoms with Crippen molar-refractivity contribution in [2.45, 2.75) is 43.9 Å². The number of hydrogen-bond acceptors (Lipinski definition) is 4. The molecule has 42 heavy (non-hydrogen) atoms. The van der Waals surface area contributed by atoms with Crippen molar-refractivity contribution in [2.75, 3.05) is 0 Å². The van der Waals surface area contributed by atoms with E-state index in [2.05, 4.69) is 48.5 Å². The normalized spacial score (nSPS) is 23.9. The highest BCUT2D eigenvalue weighted by Gasteiger charge is 2.51. The lowest BCUT2D eigenvalue weighted by Crippen LogP contribution is -2.48. The molecular weight excluding hydrogens is 512 g/mol. The van der Waals surface area contributed by atoms with Gasteiger partial charge < -0.3 is 0 Å². The second kappa shape index (κ2) is 10.0. The van der Waals surface area contributed by atoms with Crippen LogP contribution in [0.15, 0.2) is 103 Å². The Morgan fingerprint density at radius 2 is 1.02 bits per heavy atom. The zero-order valence-electron chi connectivity index (χ0n) is 23.6. The average Bonchev–Trinajstić information content (AvgIpc) is 3.04. The van der Waals surface area contributed by atoms with E-state index in [-0.39, 0.29) is 0 Å². The fraction of sp³-hybridized carbons (Fsp3) is 0.263. The Bertz CT molecular complexity index is 1760. The van der Waals surface area contributed by atoms with Crippen molar-refractivity contribution >= 4 is 0 Å². The highest BCUT2D eigenvalue weighted by Crippen LogP contribution is 2.60. The van der Waals surface area contributed by atoms with Crippen LogP contribution in [0.3, 0.4) is 0 Å².